The molecule has 4 rings (SSSR count). The van der Waals surface area contributed by atoms with E-state index in [4.69, 9.17) is 0 Å². The van der Waals surface area contributed by atoms with E-state index in [1.54, 1.807) is 12.4 Å². The van der Waals surface area contributed by atoms with Crippen LogP contribution in [0.1, 0.15) is 22.0 Å². The van der Waals surface area contributed by atoms with Crippen molar-refractivity contribution in [1.82, 2.24) is 14.9 Å². The first-order chi connectivity index (χ1) is 13.3. The first-order valence-electron chi connectivity index (χ1n) is 9.23. The predicted octanol–water partition coefficient (Wildman–Crippen LogP) is 3.22. The van der Waals surface area contributed by atoms with Gasteiger partial charge in [0.05, 0.1) is 6.04 Å². The van der Waals surface area contributed by atoms with Gasteiger partial charge in [-0.05, 0) is 11.6 Å². The fourth-order valence-corrected chi connectivity index (χ4v) is 3.56. The second-order valence-corrected chi connectivity index (χ2v) is 6.62. The van der Waals surface area contributed by atoms with Crippen molar-refractivity contribution >= 4 is 11.7 Å². The lowest BCUT2D eigenvalue weighted by atomic mass is 9.95. The number of hydrogen-bond acceptors (Lipinski definition) is 5. The van der Waals surface area contributed by atoms with Crippen molar-refractivity contribution in [3.05, 3.63) is 90.3 Å². The monoisotopic (exact) mass is 358 g/mol. The summed E-state index contributed by atoms with van der Waals surface area (Å²) in [6.45, 7) is 3.18. The van der Waals surface area contributed by atoms with Crippen molar-refractivity contribution in [3.63, 3.8) is 0 Å². The maximum atomic E-state index is 13.3. The van der Waals surface area contributed by atoms with Crippen LogP contribution >= 0.6 is 0 Å². The lowest BCUT2D eigenvalue weighted by Gasteiger charge is -2.38. The van der Waals surface area contributed by atoms with Crippen molar-refractivity contribution in [2.75, 3.05) is 31.1 Å². The molecule has 3 aromatic rings. The number of carbonyl (C=O) groups excluding carboxylic acids is 1. The molecule has 0 spiro atoms. The molecule has 2 heterocycles. The summed E-state index contributed by atoms with van der Waals surface area (Å²) in [6, 6.07) is 21.2. The predicted molar refractivity (Wildman–Crippen MR) is 106 cm³/mol. The number of nitrogens with zero attached hydrogens (tertiary/aromatic N) is 4. The van der Waals surface area contributed by atoms with Crippen LogP contribution in [0, 0.1) is 0 Å². The van der Waals surface area contributed by atoms with Crippen LogP contribution in [-0.4, -0.2) is 46.8 Å². The van der Waals surface area contributed by atoms with E-state index in [-0.39, 0.29) is 11.8 Å². The number of aromatic nitrogens is 2. The molecule has 0 radical (unpaired) electrons. The summed E-state index contributed by atoms with van der Waals surface area (Å²) in [7, 11) is 0. The van der Waals surface area contributed by atoms with Gasteiger partial charge < -0.3 is 4.90 Å². The average molecular weight is 358 g/mol. The van der Waals surface area contributed by atoms with Crippen LogP contribution in [0.3, 0.4) is 0 Å². The lowest BCUT2D eigenvalue weighted by molar-refractivity contribution is 0.0806. The van der Waals surface area contributed by atoms with E-state index in [9.17, 15) is 4.79 Å². The summed E-state index contributed by atoms with van der Waals surface area (Å²) in [5, 5.41) is 0. The number of Topliss-reactive ketones (excluding diaryl/α,β-unsaturated/α-hetero) is 1. The Morgan fingerprint density at radius 2 is 1.37 bits per heavy atom. The molecule has 1 atom stereocenters. The van der Waals surface area contributed by atoms with Gasteiger partial charge in [0.15, 0.2) is 5.78 Å². The Morgan fingerprint density at radius 1 is 0.778 bits per heavy atom. The van der Waals surface area contributed by atoms with Crippen molar-refractivity contribution in [3.8, 4) is 0 Å². The normalized spacial score (nSPS) is 16.1. The van der Waals surface area contributed by atoms with Gasteiger partial charge >= 0.3 is 0 Å². The Hall–Kier alpha value is -3.05. The third-order valence-electron chi connectivity index (χ3n) is 4.94. The molecular formula is C22H22N4O. The fraction of sp³-hybridized carbons (Fsp3) is 0.227. The van der Waals surface area contributed by atoms with E-state index in [1.165, 1.54) is 0 Å². The molecule has 1 aromatic heterocycles. The summed E-state index contributed by atoms with van der Waals surface area (Å²) in [4.78, 5) is 26.4. The molecule has 1 saturated heterocycles. The molecule has 5 nitrogen and oxygen atoms in total. The number of rotatable bonds is 5. The van der Waals surface area contributed by atoms with Crippen molar-refractivity contribution < 1.29 is 4.79 Å². The smallest absolute Gasteiger partial charge is 0.225 e. The summed E-state index contributed by atoms with van der Waals surface area (Å²) in [5.74, 6) is 0.897. The molecule has 0 bridgehead atoms. The van der Waals surface area contributed by atoms with Crippen LogP contribution in [0.25, 0.3) is 0 Å². The molecule has 1 unspecified atom stereocenters. The van der Waals surface area contributed by atoms with Gasteiger partial charge in [0.1, 0.15) is 0 Å². The molecule has 1 fully saturated rings. The third kappa shape index (κ3) is 3.88. The van der Waals surface area contributed by atoms with E-state index < -0.39 is 0 Å². The van der Waals surface area contributed by atoms with Crippen LogP contribution in [0.2, 0.25) is 0 Å². The summed E-state index contributed by atoms with van der Waals surface area (Å²) < 4.78 is 0. The molecule has 0 amide bonds. The molecule has 5 heteroatoms. The number of ketones is 1. The minimum Gasteiger partial charge on any atom is -0.338 e. The van der Waals surface area contributed by atoms with Gasteiger partial charge in [-0.2, -0.15) is 0 Å². The average Bonchev–Trinajstić information content (AvgIpc) is 2.76. The van der Waals surface area contributed by atoms with Crippen molar-refractivity contribution in [2.24, 2.45) is 0 Å². The minimum absolute atomic E-state index is 0.145. The Morgan fingerprint density at radius 3 is 2.00 bits per heavy atom. The summed E-state index contributed by atoms with van der Waals surface area (Å²) in [6.07, 6.45) is 3.53. The van der Waals surface area contributed by atoms with Gasteiger partial charge in [0.25, 0.3) is 0 Å². The topological polar surface area (TPSA) is 49.3 Å². The second-order valence-electron chi connectivity index (χ2n) is 6.62. The Balaban J connectivity index is 1.56. The Bertz CT molecular complexity index is 863. The van der Waals surface area contributed by atoms with Crippen molar-refractivity contribution in [2.45, 2.75) is 6.04 Å². The molecule has 0 saturated carbocycles. The van der Waals surface area contributed by atoms with E-state index in [1.807, 2.05) is 66.7 Å². The zero-order chi connectivity index (χ0) is 18.5. The third-order valence-corrected chi connectivity index (χ3v) is 4.94. The fourth-order valence-electron chi connectivity index (χ4n) is 3.56. The number of benzene rings is 2. The van der Waals surface area contributed by atoms with Gasteiger partial charge in [-0.25, -0.2) is 9.97 Å². The maximum absolute atomic E-state index is 13.3. The number of hydrogen-bond donors (Lipinski definition) is 0. The van der Waals surface area contributed by atoms with Crippen molar-refractivity contribution in [1.29, 1.82) is 0 Å². The zero-order valence-electron chi connectivity index (χ0n) is 15.1. The number of anilines is 1. The van der Waals surface area contributed by atoms with E-state index in [0.29, 0.717) is 0 Å². The summed E-state index contributed by atoms with van der Waals surface area (Å²) in [5.41, 5.74) is 1.79. The van der Waals surface area contributed by atoms with Crippen LogP contribution in [-0.2, 0) is 0 Å². The second kappa shape index (κ2) is 8.10. The van der Waals surface area contributed by atoms with Gasteiger partial charge in [-0.3, -0.25) is 9.69 Å². The van der Waals surface area contributed by atoms with Gasteiger partial charge in [0, 0.05) is 44.1 Å². The highest BCUT2D eigenvalue weighted by molar-refractivity contribution is 6.00. The van der Waals surface area contributed by atoms with E-state index >= 15 is 0 Å². The molecule has 1 aliphatic heterocycles. The standard InChI is InChI=1S/C22H22N4O/c27-21(19-10-5-2-6-11-19)20(18-8-3-1-4-9-18)25-14-16-26(17-15-25)22-23-12-7-13-24-22/h1-13,20H,14-17H2. The highest BCUT2D eigenvalue weighted by atomic mass is 16.1. The van der Waals surface area contributed by atoms with E-state index in [0.717, 1.165) is 43.3 Å². The molecule has 0 N–H and O–H groups in total. The van der Waals surface area contributed by atoms with Gasteiger partial charge in [-0.1, -0.05) is 60.7 Å². The SMILES string of the molecule is O=C(c1ccccc1)C(c1ccccc1)N1CCN(c2ncccn2)CC1. The number of carbonyl (C=O) groups is 1. The first-order valence-corrected chi connectivity index (χ1v) is 9.23. The quantitative estimate of drug-likeness (QED) is 0.656. The molecule has 136 valence electrons. The molecular weight excluding hydrogens is 336 g/mol. The molecule has 1 aliphatic rings. The highest BCUT2D eigenvalue weighted by Crippen LogP contribution is 2.27. The van der Waals surface area contributed by atoms with Gasteiger partial charge in [-0.15, -0.1) is 0 Å². The van der Waals surface area contributed by atoms with Crippen LogP contribution < -0.4 is 4.90 Å². The first kappa shape index (κ1) is 17.4. The van der Waals surface area contributed by atoms with Crippen LogP contribution in [0.15, 0.2) is 79.1 Å². The lowest BCUT2D eigenvalue weighted by Crippen LogP contribution is -2.49. The van der Waals surface area contributed by atoms with Crippen LogP contribution in [0.5, 0.6) is 0 Å². The highest BCUT2D eigenvalue weighted by Gasteiger charge is 2.31. The molecule has 2 aromatic carbocycles. The zero-order valence-corrected chi connectivity index (χ0v) is 15.1. The summed E-state index contributed by atoms with van der Waals surface area (Å²) >= 11 is 0. The minimum atomic E-state index is -0.271. The molecule has 27 heavy (non-hydrogen) atoms. The van der Waals surface area contributed by atoms with Crippen LogP contribution in [0.4, 0.5) is 5.95 Å². The Labute approximate surface area is 159 Å². The maximum Gasteiger partial charge on any atom is 0.225 e. The van der Waals surface area contributed by atoms with E-state index in [2.05, 4.69) is 19.8 Å². The number of piperazine rings is 1. The molecule has 0 aliphatic carbocycles. The Kier molecular flexibility index (Phi) is 5.21. The van der Waals surface area contributed by atoms with Gasteiger partial charge in [0.2, 0.25) is 5.95 Å². The largest absolute Gasteiger partial charge is 0.338 e.